The van der Waals surface area contributed by atoms with Crippen LogP contribution in [0.2, 0.25) is 0 Å². The maximum Gasteiger partial charge on any atom is 0.280 e. The van der Waals surface area contributed by atoms with Crippen molar-refractivity contribution in [2.75, 3.05) is 0 Å². The fraction of sp³-hybridized carbons (Fsp3) is 0.0625. The van der Waals surface area contributed by atoms with Gasteiger partial charge in [0.2, 0.25) is 5.16 Å². The first-order valence-corrected chi connectivity index (χ1v) is 8.67. The van der Waals surface area contributed by atoms with Crippen LogP contribution < -0.4 is 0 Å². The van der Waals surface area contributed by atoms with E-state index in [0.717, 1.165) is 17.0 Å². The zero-order chi connectivity index (χ0) is 19.0. The highest BCUT2D eigenvalue weighted by Crippen LogP contribution is 2.30. The van der Waals surface area contributed by atoms with Crippen LogP contribution in [0.5, 0.6) is 0 Å². The normalized spacial score (nSPS) is 11.1. The number of non-ortho nitro benzene ring substituents is 1. The van der Waals surface area contributed by atoms with Crippen molar-refractivity contribution >= 4 is 45.2 Å². The lowest BCUT2D eigenvalue weighted by Crippen LogP contribution is -1.98. The van der Waals surface area contributed by atoms with Crippen molar-refractivity contribution in [2.24, 2.45) is 0 Å². The Labute approximate surface area is 154 Å². The fourth-order valence-electron chi connectivity index (χ4n) is 2.67. The minimum atomic E-state index is -0.666. The van der Waals surface area contributed by atoms with E-state index in [4.69, 9.17) is 0 Å². The first-order chi connectivity index (χ1) is 13.0. The van der Waals surface area contributed by atoms with Gasteiger partial charge in [-0.05, 0) is 12.1 Å². The lowest BCUT2D eigenvalue weighted by molar-refractivity contribution is -0.394. The number of fused-ring (bicyclic) bond motifs is 3. The maximum absolute atomic E-state index is 11.2. The van der Waals surface area contributed by atoms with Gasteiger partial charge in [-0.1, -0.05) is 30.0 Å². The number of nitrogens with one attached hydrogen (secondary N) is 1. The predicted octanol–water partition coefficient (Wildman–Crippen LogP) is 3.61. The first kappa shape index (κ1) is 16.8. The number of para-hydroxylation sites is 1. The summed E-state index contributed by atoms with van der Waals surface area (Å²) in [5.41, 5.74) is 1.82. The summed E-state index contributed by atoms with van der Waals surface area (Å²) in [6.45, 7) is 0. The molecule has 27 heavy (non-hydrogen) atoms. The van der Waals surface area contributed by atoms with Gasteiger partial charge in [0, 0.05) is 28.3 Å². The van der Waals surface area contributed by atoms with E-state index in [2.05, 4.69) is 20.2 Å². The number of rotatable bonds is 5. The second-order valence-corrected chi connectivity index (χ2v) is 6.52. The number of aromatic amines is 1. The van der Waals surface area contributed by atoms with Crippen molar-refractivity contribution in [1.29, 1.82) is 0 Å². The Hall–Kier alpha value is -3.60. The van der Waals surface area contributed by atoms with E-state index in [1.807, 2.05) is 24.3 Å². The smallest absolute Gasteiger partial charge is 0.280 e. The van der Waals surface area contributed by atoms with Gasteiger partial charge in [0.15, 0.2) is 5.65 Å². The molecule has 0 aliphatic carbocycles. The van der Waals surface area contributed by atoms with Crippen molar-refractivity contribution in [3.8, 4) is 0 Å². The molecule has 4 rings (SSSR count). The SMILES string of the molecule is O=[N+]([O-])c1ccc(CSc2nnc3c(n2)[nH]c2ccccc23)c([N+](=O)[O-])c1. The third-order valence-corrected chi connectivity index (χ3v) is 4.82. The molecule has 0 aliphatic rings. The summed E-state index contributed by atoms with van der Waals surface area (Å²) in [7, 11) is 0. The molecule has 0 amide bonds. The van der Waals surface area contributed by atoms with Crippen molar-refractivity contribution in [1.82, 2.24) is 20.2 Å². The molecular formula is C16H10N6O4S. The molecule has 0 radical (unpaired) electrons. The molecular weight excluding hydrogens is 372 g/mol. The Morgan fingerprint density at radius 1 is 1.04 bits per heavy atom. The highest BCUT2D eigenvalue weighted by molar-refractivity contribution is 7.98. The van der Waals surface area contributed by atoms with Crippen LogP contribution in [0.1, 0.15) is 5.56 Å². The highest BCUT2D eigenvalue weighted by Gasteiger charge is 2.20. The van der Waals surface area contributed by atoms with Crippen LogP contribution in [0.3, 0.4) is 0 Å². The molecule has 0 saturated carbocycles. The number of nitro groups is 2. The molecule has 1 N–H and O–H groups in total. The van der Waals surface area contributed by atoms with Crippen LogP contribution in [-0.2, 0) is 5.75 Å². The summed E-state index contributed by atoms with van der Waals surface area (Å²) in [6, 6.07) is 11.2. The molecule has 0 atom stereocenters. The zero-order valence-corrected chi connectivity index (χ0v) is 14.3. The maximum atomic E-state index is 11.2. The van der Waals surface area contributed by atoms with Crippen LogP contribution in [0.25, 0.3) is 22.1 Å². The second kappa shape index (κ2) is 6.61. The number of nitrogens with zero attached hydrogens (tertiary/aromatic N) is 5. The molecule has 0 aliphatic heterocycles. The van der Waals surface area contributed by atoms with Crippen LogP contribution in [0.4, 0.5) is 11.4 Å². The van der Waals surface area contributed by atoms with Gasteiger partial charge in [0.1, 0.15) is 5.52 Å². The Balaban J connectivity index is 1.62. The molecule has 10 nitrogen and oxygen atoms in total. The number of thioether (sulfide) groups is 1. The number of nitro benzene ring substituents is 2. The lowest BCUT2D eigenvalue weighted by atomic mass is 10.2. The Kier molecular flexibility index (Phi) is 4.12. The largest absolute Gasteiger partial charge is 0.338 e. The van der Waals surface area contributed by atoms with Crippen molar-refractivity contribution < 1.29 is 9.85 Å². The van der Waals surface area contributed by atoms with Crippen molar-refractivity contribution in [3.05, 3.63) is 68.3 Å². The third-order valence-electron chi connectivity index (χ3n) is 3.94. The Morgan fingerprint density at radius 3 is 2.63 bits per heavy atom. The van der Waals surface area contributed by atoms with Crippen LogP contribution in [-0.4, -0.2) is 30.0 Å². The molecule has 2 heterocycles. The van der Waals surface area contributed by atoms with Crippen molar-refractivity contribution in [3.63, 3.8) is 0 Å². The molecule has 134 valence electrons. The summed E-state index contributed by atoms with van der Waals surface area (Å²) < 4.78 is 0. The Bertz CT molecular complexity index is 1210. The van der Waals surface area contributed by atoms with E-state index in [9.17, 15) is 20.2 Å². The molecule has 2 aromatic carbocycles. The van der Waals surface area contributed by atoms with Gasteiger partial charge in [-0.2, -0.15) is 0 Å². The summed E-state index contributed by atoms with van der Waals surface area (Å²) >= 11 is 1.17. The summed E-state index contributed by atoms with van der Waals surface area (Å²) in [6.07, 6.45) is 0. The van der Waals surface area contributed by atoms with Crippen LogP contribution in [0, 0.1) is 20.2 Å². The summed E-state index contributed by atoms with van der Waals surface area (Å²) in [4.78, 5) is 28.3. The van der Waals surface area contributed by atoms with Gasteiger partial charge in [0.05, 0.1) is 15.9 Å². The average Bonchev–Trinajstić information content (AvgIpc) is 3.03. The zero-order valence-electron chi connectivity index (χ0n) is 13.5. The summed E-state index contributed by atoms with van der Waals surface area (Å²) in [5.74, 6) is 0.182. The van der Waals surface area contributed by atoms with E-state index >= 15 is 0 Å². The molecule has 2 aromatic heterocycles. The van der Waals surface area contributed by atoms with Gasteiger partial charge in [-0.3, -0.25) is 20.2 Å². The van der Waals surface area contributed by atoms with Gasteiger partial charge < -0.3 is 4.98 Å². The number of hydrogen-bond acceptors (Lipinski definition) is 8. The molecule has 0 bridgehead atoms. The van der Waals surface area contributed by atoms with E-state index < -0.39 is 9.85 Å². The highest BCUT2D eigenvalue weighted by atomic mass is 32.2. The minimum Gasteiger partial charge on any atom is -0.338 e. The van der Waals surface area contributed by atoms with Gasteiger partial charge in [0.25, 0.3) is 11.4 Å². The number of aromatic nitrogens is 4. The van der Waals surface area contributed by atoms with Gasteiger partial charge >= 0.3 is 0 Å². The molecule has 11 heteroatoms. The van der Waals surface area contributed by atoms with E-state index in [1.165, 1.54) is 23.9 Å². The minimum absolute atomic E-state index is 0.182. The number of hydrogen-bond donors (Lipinski definition) is 1. The summed E-state index contributed by atoms with van der Waals surface area (Å²) in [5, 5.41) is 31.5. The fourth-order valence-corrected chi connectivity index (χ4v) is 3.45. The monoisotopic (exact) mass is 382 g/mol. The van der Waals surface area contributed by atoms with Crippen LogP contribution >= 0.6 is 11.8 Å². The van der Waals surface area contributed by atoms with E-state index in [0.29, 0.717) is 21.9 Å². The average molecular weight is 382 g/mol. The third kappa shape index (κ3) is 3.15. The van der Waals surface area contributed by atoms with E-state index in [1.54, 1.807) is 0 Å². The molecule has 4 aromatic rings. The molecule has 0 spiro atoms. The standard InChI is InChI=1S/C16H10N6O4S/c23-21(24)10-6-5-9(13(7-10)22(25)26)8-27-16-18-15-14(19-20-16)11-3-1-2-4-12(11)17-15/h1-7H,8H2,(H,17,18,20). The second-order valence-electron chi connectivity index (χ2n) is 5.58. The molecule has 0 fully saturated rings. The first-order valence-electron chi connectivity index (χ1n) is 7.68. The quantitative estimate of drug-likeness (QED) is 0.313. The van der Waals surface area contributed by atoms with Crippen molar-refractivity contribution in [2.45, 2.75) is 10.9 Å². The van der Waals surface area contributed by atoms with Crippen LogP contribution in [0.15, 0.2) is 47.6 Å². The number of H-pyrrole nitrogens is 1. The number of benzene rings is 2. The Morgan fingerprint density at radius 2 is 1.85 bits per heavy atom. The predicted molar refractivity (Wildman–Crippen MR) is 98.5 cm³/mol. The molecule has 0 unspecified atom stereocenters. The van der Waals surface area contributed by atoms with Gasteiger partial charge in [-0.15, -0.1) is 10.2 Å². The lowest BCUT2D eigenvalue weighted by Gasteiger charge is -2.02. The molecule has 0 saturated heterocycles. The van der Waals surface area contributed by atoms with Gasteiger partial charge in [-0.25, -0.2) is 4.98 Å². The van der Waals surface area contributed by atoms with E-state index in [-0.39, 0.29) is 17.1 Å². The topological polar surface area (TPSA) is 141 Å².